The van der Waals surface area contributed by atoms with E-state index in [1.165, 1.54) is 5.56 Å². The summed E-state index contributed by atoms with van der Waals surface area (Å²) in [5.74, 6) is 0.218. The lowest BCUT2D eigenvalue weighted by Crippen LogP contribution is -2.47. The Kier molecular flexibility index (Phi) is 3.50. The molecule has 1 aromatic rings. The van der Waals surface area contributed by atoms with Gasteiger partial charge in [-0.1, -0.05) is 15.9 Å². The molecule has 1 saturated heterocycles. The van der Waals surface area contributed by atoms with Gasteiger partial charge in [0.15, 0.2) is 0 Å². The summed E-state index contributed by atoms with van der Waals surface area (Å²) in [5, 5.41) is 9.49. The summed E-state index contributed by atoms with van der Waals surface area (Å²) in [6, 6.07) is 4.14. The minimum absolute atomic E-state index is 0.630. The zero-order chi connectivity index (χ0) is 14.3. The van der Waals surface area contributed by atoms with Crippen LogP contribution >= 0.6 is 15.9 Å². The van der Waals surface area contributed by atoms with Crippen molar-refractivity contribution in [3.63, 3.8) is 0 Å². The second-order valence-electron chi connectivity index (χ2n) is 5.76. The third-order valence-electron chi connectivity index (χ3n) is 4.44. The number of carbonyl (C=O) groups is 1. The standard InChI is InChI=1S/C15H18BrNO3/c1-15(14(18)19)4-2-5-17(15)9-11-8-12(16)7-10-3-6-20-13(10)11/h7-8H,2-6,9H2,1H3,(H,18,19). The molecule has 0 saturated carbocycles. The number of ether oxygens (including phenoxy) is 1. The Morgan fingerprint density at radius 3 is 3.10 bits per heavy atom. The second kappa shape index (κ2) is 5.04. The molecule has 108 valence electrons. The van der Waals surface area contributed by atoms with Gasteiger partial charge in [-0.15, -0.1) is 0 Å². The summed E-state index contributed by atoms with van der Waals surface area (Å²) in [4.78, 5) is 13.6. The molecule has 3 rings (SSSR count). The molecule has 1 fully saturated rings. The monoisotopic (exact) mass is 339 g/mol. The van der Waals surface area contributed by atoms with Gasteiger partial charge in [0.1, 0.15) is 11.3 Å². The Morgan fingerprint density at radius 2 is 2.35 bits per heavy atom. The fourth-order valence-electron chi connectivity index (χ4n) is 3.18. The first-order valence-electron chi connectivity index (χ1n) is 6.93. The normalized spacial score (nSPS) is 25.5. The third-order valence-corrected chi connectivity index (χ3v) is 4.89. The van der Waals surface area contributed by atoms with Gasteiger partial charge in [-0.3, -0.25) is 9.69 Å². The van der Waals surface area contributed by atoms with E-state index in [1.807, 2.05) is 13.0 Å². The number of halogens is 1. The summed E-state index contributed by atoms with van der Waals surface area (Å²) in [6.07, 6.45) is 2.57. The maximum atomic E-state index is 11.5. The number of hydrogen-bond acceptors (Lipinski definition) is 3. The largest absolute Gasteiger partial charge is 0.493 e. The fourth-order valence-corrected chi connectivity index (χ4v) is 3.74. The van der Waals surface area contributed by atoms with Gasteiger partial charge in [-0.2, -0.15) is 0 Å². The van der Waals surface area contributed by atoms with Crippen LogP contribution in [0.4, 0.5) is 0 Å². The Balaban J connectivity index is 1.90. The van der Waals surface area contributed by atoms with Crippen molar-refractivity contribution in [3.8, 4) is 5.75 Å². The van der Waals surface area contributed by atoms with E-state index in [0.29, 0.717) is 13.0 Å². The number of carboxylic acid groups (broad SMARTS) is 1. The minimum atomic E-state index is -0.756. The van der Waals surface area contributed by atoms with Gasteiger partial charge in [0.05, 0.1) is 6.61 Å². The van der Waals surface area contributed by atoms with E-state index in [-0.39, 0.29) is 0 Å². The van der Waals surface area contributed by atoms with E-state index < -0.39 is 11.5 Å². The van der Waals surface area contributed by atoms with E-state index in [1.54, 1.807) is 0 Å². The van der Waals surface area contributed by atoms with Crippen LogP contribution in [0.3, 0.4) is 0 Å². The lowest BCUT2D eigenvalue weighted by Gasteiger charge is -2.31. The molecule has 0 amide bonds. The molecule has 0 spiro atoms. The van der Waals surface area contributed by atoms with Gasteiger partial charge < -0.3 is 9.84 Å². The molecule has 0 radical (unpaired) electrons. The number of carboxylic acids is 1. The summed E-state index contributed by atoms with van der Waals surface area (Å²) in [7, 11) is 0. The molecule has 2 heterocycles. The van der Waals surface area contributed by atoms with Crippen LogP contribution in [0.5, 0.6) is 5.75 Å². The molecular weight excluding hydrogens is 322 g/mol. The molecule has 0 aliphatic carbocycles. The molecule has 1 unspecified atom stereocenters. The smallest absolute Gasteiger partial charge is 0.323 e. The van der Waals surface area contributed by atoms with Gasteiger partial charge >= 0.3 is 5.97 Å². The lowest BCUT2D eigenvalue weighted by molar-refractivity contribution is -0.148. The van der Waals surface area contributed by atoms with Crippen LogP contribution in [0.2, 0.25) is 0 Å². The Hall–Kier alpha value is -1.07. The lowest BCUT2D eigenvalue weighted by atomic mass is 9.98. The van der Waals surface area contributed by atoms with Gasteiger partial charge in [-0.25, -0.2) is 0 Å². The number of likely N-dealkylation sites (tertiary alicyclic amines) is 1. The molecule has 0 aromatic heterocycles. The molecule has 1 aromatic carbocycles. The van der Waals surface area contributed by atoms with Gasteiger partial charge in [0.2, 0.25) is 0 Å². The number of benzene rings is 1. The summed E-state index contributed by atoms with van der Waals surface area (Å²) >= 11 is 3.53. The first kappa shape index (κ1) is 13.9. The molecule has 4 nitrogen and oxygen atoms in total. The Morgan fingerprint density at radius 1 is 1.55 bits per heavy atom. The van der Waals surface area contributed by atoms with Crippen LogP contribution in [-0.4, -0.2) is 34.7 Å². The van der Waals surface area contributed by atoms with Crippen LogP contribution in [-0.2, 0) is 17.8 Å². The van der Waals surface area contributed by atoms with Crippen molar-refractivity contribution < 1.29 is 14.6 Å². The SMILES string of the molecule is CC1(C(=O)O)CCCN1Cc1cc(Br)cc2c1OCC2. The molecule has 2 aliphatic heterocycles. The second-order valence-corrected chi connectivity index (χ2v) is 6.67. The zero-order valence-corrected chi connectivity index (χ0v) is 13.1. The maximum Gasteiger partial charge on any atom is 0.323 e. The van der Waals surface area contributed by atoms with E-state index in [4.69, 9.17) is 4.74 Å². The predicted molar refractivity (Wildman–Crippen MR) is 79.0 cm³/mol. The molecule has 1 atom stereocenters. The molecular formula is C15H18BrNO3. The number of rotatable bonds is 3. The quantitative estimate of drug-likeness (QED) is 0.919. The highest BCUT2D eigenvalue weighted by Crippen LogP contribution is 2.37. The fraction of sp³-hybridized carbons (Fsp3) is 0.533. The van der Waals surface area contributed by atoms with Crippen molar-refractivity contribution >= 4 is 21.9 Å². The Bertz CT molecular complexity index is 560. The van der Waals surface area contributed by atoms with E-state index in [0.717, 1.165) is 41.8 Å². The summed E-state index contributed by atoms with van der Waals surface area (Å²) in [6.45, 7) is 3.99. The molecule has 1 N–H and O–H groups in total. The van der Waals surface area contributed by atoms with Crippen molar-refractivity contribution in [2.75, 3.05) is 13.2 Å². The number of fused-ring (bicyclic) bond motifs is 1. The number of nitrogens with zero attached hydrogens (tertiary/aromatic N) is 1. The van der Waals surface area contributed by atoms with Crippen molar-refractivity contribution in [3.05, 3.63) is 27.7 Å². The predicted octanol–water partition coefficient (Wildman–Crippen LogP) is 2.82. The average Bonchev–Trinajstić information content (AvgIpc) is 2.97. The maximum absolute atomic E-state index is 11.5. The van der Waals surface area contributed by atoms with Crippen LogP contribution in [0, 0.1) is 0 Å². The van der Waals surface area contributed by atoms with Gasteiger partial charge in [-0.05, 0) is 44.0 Å². The van der Waals surface area contributed by atoms with Crippen molar-refractivity contribution in [2.45, 2.75) is 38.3 Å². The topological polar surface area (TPSA) is 49.8 Å². The number of aliphatic carboxylic acids is 1. The average molecular weight is 340 g/mol. The zero-order valence-electron chi connectivity index (χ0n) is 11.5. The highest BCUT2D eigenvalue weighted by molar-refractivity contribution is 9.10. The molecule has 0 bridgehead atoms. The van der Waals surface area contributed by atoms with Crippen LogP contribution in [0.15, 0.2) is 16.6 Å². The van der Waals surface area contributed by atoms with Crippen LogP contribution < -0.4 is 4.74 Å². The van der Waals surface area contributed by atoms with Crippen molar-refractivity contribution in [1.82, 2.24) is 4.90 Å². The van der Waals surface area contributed by atoms with Gasteiger partial charge in [0, 0.05) is 23.0 Å². The highest BCUT2D eigenvalue weighted by Gasteiger charge is 2.43. The van der Waals surface area contributed by atoms with Gasteiger partial charge in [0.25, 0.3) is 0 Å². The highest BCUT2D eigenvalue weighted by atomic mass is 79.9. The summed E-state index contributed by atoms with van der Waals surface area (Å²) < 4.78 is 6.76. The van der Waals surface area contributed by atoms with Crippen molar-refractivity contribution in [2.24, 2.45) is 0 Å². The molecule has 2 aliphatic rings. The minimum Gasteiger partial charge on any atom is -0.493 e. The van der Waals surface area contributed by atoms with E-state index in [2.05, 4.69) is 26.9 Å². The van der Waals surface area contributed by atoms with Crippen LogP contribution in [0.25, 0.3) is 0 Å². The number of hydrogen-bond donors (Lipinski definition) is 1. The van der Waals surface area contributed by atoms with Crippen molar-refractivity contribution in [1.29, 1.82) is 0 Å². The summed E-state index contributed by atoms with van der Waals surface area (Å²) in [5.41, 5.74) is 1.54. The van der Waals surface area contributed by atoms with E-state index in [9.17, 15) is 9.90 Å². The molecule has 5 heteroatoms. The Labute approximate surface area is 126 Å². The third kappa shape index (κ3) is 2.23. The first-order chi connectivity index (χ1) is 9.50. The van der Waals surface area contributed by atoms with Crippen LogP contribution in [0.1, 0.15) is 30.9 Å². The first-order valence-corrected chi connectivity index (χ1v) is 7.72. The van der Waals surface area contributed by atoms with E-state index >= 15 is 0 Å². The molecule has 20 heavy (non-hydrogen) atoms.